The predicted molar refractivity (Wildman–Crippen MR) is 80.1 cm³/mol. The molecule has 0 bridgehead atoms. The van der Waals surface area contributed by atoms with Crippen LogP contribution in [0.3, 0.4) is 0 Å². The Labute approximate surface area is 110 Å². The molecule has 1 atom stereocenters. The maximum absolute atomic E-state index is 6.17. The second-order valence-electron chi connectivity index (χ2n) is 5.65. The van der Waals surface area contributed by atoms with Gasteiger partial charge in [0, 0.05) is 12.5 Å². The van der Waals surface area contributed by atoms with E-state index in [4.69, 9.17) is 4.43 Å². The standard InChI is InChI=1S/C12H25IOSi/c1-8-11(13)10(2)9-14-15(6,7)12(3,4)5/h8,10H,9H2,1-7H3/b11-8+/t10-/m0/s1. The van der Waals surface area contributed by atoms with Gasteiger partial charge in [0.1, 0.15) is 0 Å². The maximum atomic E-state index is 6.17. The Bertz CT molecular complexity index is 228. The zero-order valence-electron chi connectivity index (χ0n) is 11.1. The number of allylic oxidation sites excluding steroid dienone is 1. The Morgan fingerprint density at radius 3 is 2.20 bits per heavy atom. The van der Waals surface area contributed by atoms with Gasteiger partial charge in [0.25, 0.3) is 0 Å². The summed E-state index contributed by atoms with van der Waals surface area (Å²) in [5.74, 6) is 0.532. The summed E-state index contributed by atoms with van der Waals surface area (Å²) in [6, 6.07) is 0. The number of rotatable bonds is 4. The summed E-state index contributed by atoms with van der Waals surface area (Å²) in [5, 5.41) is 0.314. The molecule has 0 unspecified atom stereocenters. The third-order valence-electron chi connectivity index (χ3n) is 3.25. The van der Waals surface area contributed by atoms with E-state index in [-0.39, 0.29) is 0 Å². The van der Waals surface area contributed by atoms with Crippen LogP contribution < -0.4 is 0 Å². The molecule has 0 saturated carbocycles. The molecule has 0 aliphatic rings. The Kier molecular flexibility index (Phi) is 6.07. The fourth-order valence-corrected chi connectivity index (χ4v) is 2.19. The smallest absolute Gasteiger partial charge is 0.192 e. The van der Waals surface area contributed by atoms with Crippen LogP contribution in [-0.4, -0.2) is 14.9 Å². The van der Waals surface area contributed by atoms with Crippen molar-refractivity contribution in [1.29, 1.82) is 0 Å². The molecule has 3 heteroatoms. The van der Waals surface area contributed by atoms with Gasteiger partial charge in [-0.15, -0.1) is 0 Å². The van der Waals surface area contributed by atoms with Gasteiger partial charge < -0.3 is 4.43 Å². The highest BCUT2D eigenvalue weighted by Gasteiger charge is 2.37. The molecule has 0 radical (unpaired) electrons. The van der Waals surface area contributed by atoms with Gasteiger partial charge in [-0.3, -0.25) is 0 Å². The Hall–Kier alpha value is 0.647. The first-order valence-corrected chi connectivity index (χ1v) is 9.56. The second-order valence-corrected chi connectivity index (χ2v) is 11.7. The monoisotopic (exact) mass is 340 g/mol. The summed E-state index contributed by atoms with van der Waals surface area (Å²) in [6.07, 6.45) is 2.17. The highest BCUT2D eigenvalue weighted by molar-refractivity contribution is 14.1. The third-order valence-corrected chi connectivity index (χ3v) is 9.43. The van der Waals surface area contributed by atoms with E-state index in [2.05, 4.69) is 76.4 Å². The summed E-state index contributed by atoms with van der Waals surface area (Å²) < 4.78 is 7.57. The zero-order valence-corrected chi connectivity index (χ0v) is 14.3. The third kappa shape index (κ3) is 5.00. The van der Waals surface area contributed by atoms with Crippen LogP contribution in [0.15, 0.2) is 9.66 Å². The van der Waals surface area contributed by atoms with E-state index in [0.29, 0.717) is 11.0 Å². The first-order valence-electron chi connectivity index (χ1n) is 5.57. The molecule has 0 spiro atoms. The fraction of sp³-hybridized carbons (Fsp3) is 0.833. The van der Waals surface area contributed by atoms with Crippen LogP contribution in [0.25, 0.3) is 0 Å². The number of halogens is 1. The molecule has 90 valence electrons. The molecule has 0 saturated heterocycles. The lowest BCUT2D eigenvalue weighted by Gasteiger charge is -2.37. The van der Waals surface area contributed by atoms with Crippen molar-refractivity contribution in [2.45, 2.75) is 52.8 Å². The summed E-state index contributed by atoms with van der Waals surface area (Å²) in [6.45, 7) is 16.6. The first-order chi connectivity index (χ1) is 6.62. The lowest BCUT2D eigenvalue weighted by molar-refractivity contribution is 0.258. The van der Waals surface area contributed by atoms with E-state index >= 15 is 0 Å². The second kappa shape index (κ2) is 5.82. The highest BCUT2D eigenvalue weighted by atomic mass is 127. The quantitative estimate of drug-likeness (QED) is 0.518. The lowest BCUT2D eigenvalue weighted by Crippen LogP contribution is -2.41. The summed E-state index contributed by atoms with van der Waals surface area (Å²) in [7, 11) is -1.56. The van der Waals surface area contributed by atoms with Crippen LogP contribution in [-0.2, 0) is 4.43 Å². The topological polar surface area (TPSA) is 9.23 Å². The van der Waals surface area contributed by atoms with Crippen LogP contribution in [0.2, 0.25) is 18.1 Å². The molecule has 0 aromatic carbocycles. The minimum Gasteiger partial charge on any atom is -0.416 e. The van der Waals surface area contributed by atoms with Crippen molar-refractivity contribution in [3.8, 4) is 0 Å². The zero-order chi connectivity index (χ0) is 12.3. The van der Waals surface area contributed by atoms with E-state index in [1.54, 1.807) is 0 Å². The highest BCUT2D eigenvalue weighted by Crippen LogP contribution is 2.37. The van der Waals surface area contributed by atoms with Crippen molar-refractivity contribution in [2.75, 3.05) is 6.61 Å². The van der Waals surface area contributed by atoms with Crippen molar-refractivity contribution >= 4 is 30.9 Å². The van der Waals surface area contributed by atoms with Crippen LogP contribution in [0, 0.1) is 5.92 Å². The summed E-state index contributed by atoms with van der Waals surface area (Å²) in [5.41, 5.74) is 0. The SMILES string of the molecule is C/C=C(/I)[C@@H](C)CO[Si](C)(C)C(C)(C)C. The number of hydrogen-bond donors (Lipinski definition) is 0. The molecule has 0 aromatic rings. The van der Waals surface area contributed by atoms with Crippen molar-refractivity contribution in [1.82, 2.24) is 0 Å². The van der Waals surface area contributed by atoms with Gasteiger partial charge in [-0.2, -0.15) is 0 Å². The average molecular weight is 340 g/mol. The Morgan fingerprint density at radius 2 is 1.87 bits per heavy atom. The van der Waals surface area contributed by atoms with E-state index in [1.165, 1.54) is 3.58 Å². The van der Waals surface area contributed by atoms with Crippen LogP contribution in [0.5, 0.6) is 0 Å². The van der Waals surface area contributed by atoms with Gasteiger partial charge in [-0.05, 0) is 51.2 Å². The van der Waals surface area contributed by atoms with Gasteiger partial charge in [-0.25, -0.2) is 0 Å². The molecule has 0 aliphatic carbocycles. The average Bonchev–Trinajstić information content (AvgIpc) is 2.11. The van der Waals surface area contributed by atoms with E-state index < -0.39 is 8.32 Å². The van der Waals surface area contributed by atoms with Crippen LogP contribution >= 0.6 is 22.6 Å². The van der Waals surface area contributed by atoms with Gasteiger partial charge in [0.2, 0.25) is 0 Å². The van der Waals surface area contributed by atoms with Crippen molar-refractivity contribution < 1.29 is 4.43 Å². The molecular weight excluding hydrogens is 315 g/mol. The Morgan fingerprint density at radius 1 is 1.40 bits per heavy atom. The molecule has 0 amide bonds. The molecule has 0 N–H and O–H groups in total. The molecule has 0 heterocycles. The van der Waals surface area contributed by atoms with E-state index in [9.17, 15) is 0 Å². The molecule has 0 fully saturated rings. The van der Waals surface area contributed by atoms with Crippen molar-refractivity contribution in [3.05, 3.63) is 9.66 Å². The lowest BCUT2D eigenvalue weighted by atomic mass is 10.2. The maximum Gasteiger partial charge on any atom is 0.192 e. The fourth-order valence-electron chi connectivity index (χ4n) is 0.914. The largest absolute Gasteiger partial charge is 0.416 e. The van der Waals surface area contributed by atoms with Crippen molar-refractivity contribution in [3.63, 3.8) is 0 Å². The normalized spacial score (nSPS) is 16.7. The first kappa shape index (κ1) is 15.6. The molecule has 0 aliphatic heterocycles. The van der Waals surface area contributed by atoms with Gasteiger partial charge in [0.05, 0.1) is 0 Å². The van der Waals surface area contributed by atoms with Crippen LogP contribution in [0.1, 0.15) is 34.6 Å². The molecule has 1 nitrogen and oxygen atoms in total. The molecule has 0 rings (SSSR count). The van der Waals surface area contributed by atoms with Gasteiger partial charge >= 0.3 is 0 Å². The van der Waals surface area contributed by atoms with E-state index in [0.717, 1.165) is 6.61 Å². The summed E-state index contributed by atoms with van der Waals surface area (Å²) in [4.78, 5) is 0. The van der Waals surface area contributed by atoms with Gasteiger partial charge in [0.15, 0.2) is 8.32 Å². The molecule has 0 aromatic heterocycles. The summed E-state index contributed by atoms with van der Waals surface area (Å²) >= 11 is 2.40. The van der Waals surface area contributed by atoms with Crippen LogP contribution in [0.4, 0.5) is 0 Å². The molecule has 15 heavy (non-hydrogen) atoms. The molecular formula is C12H25IOSi. The number of hydrogen-bond acceptors (Lipinski definition) is 1. The predicted octanol–water partition coefficient (Wildman–Crippen LogP) is 4.98. The van der Waals surface area contributed by atoms with E-state index in [1.807, 2.05) is 0 Å². The van der Waals surface area contributed by atoms with Gasteiger partial charge in [-0.1, -0.05) is 33.8 Å². The Balaban J connectivity index is 4.28. The minimum absolute atomic E-state index is 0.314. The minimum atomic E-state index is -1.56. The van der Waals surface area contributed by atoms with Crippen molar-refractivity contribution in [2.24, 2.45) is 5.92 Å².